The van der Waals surface area contributed by atoms with Crippen LogP contribution in [0, 0.1) is 0 Å². The van der Waals surface area contributed by atoms with Crippen molar-refractivity contribution in [2.45, 2.75) is 349 Å². The maximum atomic E-state index is 13.4. The van der Waals surface area contributed by atoms with Gasteiger partial charge in [-0.15, -0.1) is 0 Å². The lowest BCUT2D eigenvalue weighted by atomic mass is 9.88. The Kier molecular flexibility index (Phi) is 40.1. The summed E-state index contributed by atoms with van der Waals surface area (Å²) >= 11 is 0. The first kappa shape index (κ1) is 77.0. The van der Waals surface area contributed by atoms with Crippen molar-refractivity contribution in [2.24, 2.45) is 0 Å². The Hall–Kier alpha value is -2.27. The molecule has 14 N–H and O–H groups in total. The average Bonchev–Trinajstić information content (AvgIpc) is 1.27. The zero-order valence-electron chi connectivity index (χ0n) is 51.7. The highest BCUT2D eigenvalue weighted by atomic mass is 16.8. The molecule has 0 aromatic heterocycles. The molecule has 0 spiro atoms. The standard InChI is InChI=1S/C62H116N2O21/c1-4-6-8-10-12-14-16-18-20-22-23-25-27-29-31-33-35-44(69)43(64-49(72)36-34-32-30-28-26-24-21-19-17-15-13-11-9-7-5-2)41-80-59-54(76)53(75)56(48(40-67)82-59)83-60-55(77)58(52(74)47(39-66)81-60)85-62(61(78)79)37-45(70)50(63-42(3)68)57(84-62)51(73)46(71)38-65/h43-48,50-60,65-67,69-71,73-77H,4-41H2,1-3H3,(H,63,68)(H,64,72)(H,78,79). The lowest BCUT2D eigenvalue weighted by Crippen LogP contribution is -2.70. The number of carboxylic acid groups (broad SMARTS) is 1. The minimum absolute atomic E-state index is 0.228. The Bertz CT molecular complexity index is 1740. The molecule has 0 radical (unpaired) electrons. The van der Waals surface area contributed by atoms with Crippen molar-refractivity contribution >= 4 is 17.8 Å². The third-order valence-corrected chi connectivity index (χ3v) is 17.1. The number of amides is 2. The van der Waals surface area contributed by atoms with Gasteiger partial charge in [-0.3, -0.25) is 9.59 Å². The van der Waals surface area contributed by atoms with Crippen molar-refractivity contribution in [1.29, 1.82) is 0 Å². The summed E-state index contributed by atoms with van der Waals surface area (Å²) in [6.45, 7) is 2.20. The van der Waals surface area contributed by atoms with Crippen molar-refractivity contribution in [3.63, 3.8) is 0 Å². The summed E-state index contributed by atoms with van der Waals surface area (Å²) in [4.78, 5) is 38.5. The number of unbranched alkanes of at least 4 members (excludes halogenated alkanes) is 29. The van der Waals surface area contributed by atoms with Crippen LogP contribution >= 0.6 is 0 Å². The molecule has 2 amide bonds. The van der Waals surface area contributed by atoms with E-state index in [0.29, 0.717) is 19.3 Å². The van der Waals surface area contributed by atoms with Crippen LogP contribution in [-0.2, 0) is 42.8 Å². The molecule has 18 atom stereocenters. The molecule has 3 aliphatic heterocycles. The van der Waals surface area contributed by atoms with Gasteiger partial charge in [0.25, 0.3) is 5.79 Å². The van der Waals surface area contributed by atoms with E-state index in [1.165, 1.54) is 135 Å². The average molecular weight is 1230 g/mol. The fourth-order valence-electron chi connectivity index (χ4n) is 11.8. The molecule has 85 heavy (non-hydrogen) atoms. The molecule has 3 aliphatic rings. The largest absolute Gasteiger partial charge is 0.477 e. The van der Waals surface area contributed by atoms with Crippen LogP contribution in [0.5, 0.6) is 0 Å². The number of aliphatic carboxylic acids is 1. The molecule has 23 heteroatoms. The van der Waals surface area contributed by atoms with E-state index in [0.717, 1.165) is 58.3 Å². The summed E-state index contributed by atoms with van der Waals surface area (Å²) in [5, 5.41) is 136. The highest BCUT2D eigenvalue weighted by Gasteiger charge is 2.60. The summed E-state index contributed by atoms with van der Waals surface area (Å²) in [7, 11) is 0. The number of aliphatic hydroxyl groups is 11. The quantitative estimate of drug-likeness (QED) is 0.0371. The normalized spacial score (nSPS) is 29.5. The van der Waals surface area contributed by atoms with Crippen LogP contribution in [0.2, 0.25) is 0 Å². The minimum atomic E-state index is -3.08. The van der Waals surface area contributed by atoms with Gasteiger partial charge in [0.2, 0.25) is 11.8 Å². The van der Waals surface area contributed by atoms with Gasteiger partial charge in [0.15, 0.2) is 12.6 Å². The Labute approximate surface area is 506 Å². The third kappa shape index (κ3) is 27.8. The van der Waals surface area contributed by atoms with E-state index in [1.54, 1.807) is 0 Å². The van der Waals surface area contributed by atoms with Crippen LogP contribution < -0.4 is 10.6 Å². The summed E-state index contributed by atoms with van der Waals surface area (Å²) in [5.74, 6) is -6.09. The zero-order valence-corrected chi connectivity index (χ0v) is 51.7. The summed E-state index contributed by atoms with van der Waals surface area (Å²) in [6, 6.07) is -2.52. The Morgan fingerprint density at radius 2 is 1.02 bits per heavy atom. The number of hydrogen-bond acceptors (Lipinski definition) is 20. The van der Waals surface area contributed by atoms with Crippen LogP contribution in [0.1, 0.15) is 239 Å². The van der Waals surface area contributed by atoms with E-state index in [1.807, 2.05) is 0 Å². The van der Waals surface area contributed by atoms with Crippen LogP contribution in [-0.4, -0.2) is 215 Å². The number of carbonyl (C=O) groups excluding carboxylic acids is 2. The molecule has 18 unspecified atom stereocenters. The Morgan fingerprint density at radius 1 is 0.565 bits per heavy atom. The van der Waals surface area contributed by atoms with E-state index in [-0.39, 0.29) is 18.9 Å². The number of carbonyl (C=O) groups is 3. The van der Waals surface area contributed by atoms with Crippen LogP contribution in [0.25, 0.3) is 0 Å². The molecule has 0 aromatic rings. The molecule has 23 nitrogen and oxygen atoms in total. The third-order valence-electron chi connectivity index (χ3n) is 17.1. The molecule has 3 saturated heterocycles. The minimum Gasteiger partial charge on any atom is -0.477 e. The maximum Gasteiger partial charge on any atom is 0.364 e. The van der Waals surface area contributed by atoms with Crippen LogP contribution in [0.4, 0.5) is 0 Å². The summed E-state index contributed by atoms with van der Waals surface area (Å²) < 4.78 is 34.8. The van der Waals surface area contributed by atoms with Crippen molar-refractivity contribution < 1.29 is 104 Å². The first-order valence-electron chi connectivity index (χ1n) is 32.9. The van der Waals surface area contributed by atoms with Gasteiger partial charge in [-0.05, 0) is 12.8 Å². The number of aliphatic hydroxyl groups excluding tert-OH is 11. The Balaban J connectivity index is 1.63. The predicted molar refractivity (Wildman–Crippen MR) is 315 cm³/mol. The van der Waals surface area contributed by atoms with Gasteiger partial charge < -0.3 is 100 Å². The number of hydrogen-bond donors (Lipinski definition) is 14. The molecule has 500 valence electrons. The van der Waals surface area contributed by atoms with Gasteiger partial charge in [-0.25, -0.2) is 4.79 Å². The topological polar surface area (TPSA) is 373 Å². The van der Waals surface area contributed by atoms with E-state index < -0.39 is 148 Å². The first-order chi connectivity index (χ1) is 40.9. The summed E-state index contributed by atoms with van der Waals surface area (Å²) in [6.07, 6.45) is 8.23. The smallest absolute Gasteiger partial charge is 0.364 e. The molecular formula is C62H116N2O21. The zero-order chi connectivity index (χ0) is 62.6. The monoisotopic (exact) mass is 1220 g/mol. The number of carboxylic acids is 1. The van der Waals surface area contributed by atoms with E-state index in [4.69, 9.17) is 28.4 Å². The maximum absolute atomic E-state index is 13.4. The molecular weight excluding hydrogens is 1110 g/mol. The van der Waals surface area contributed by atoms with Crippen LogP contribution in [0.3, 0.4) is 0 Å². The second-order valence-electron chi connectivity index (χ2n) is 24.3. The molecule has 3 fully saturated rings. The lowest BCUT2D eigenvalue weighted by molar-refractivity contribution is -0.386. The molecule has 0 bridgehead atoms. The van der Waals surface area contributed by atoms with Gasteiger partial charge in [0, 0.05) is 19.8 Å². The predicted octanol–water partition coefficient (Wildman–Crippen LogP) is 4.56. The second kappa shape index (κ2) is 44.2. The van der Waals surface area contributed by atoms with Gasteiger partial charge in [-0.2, -0.15) is 0 Å². The highest BCUT2D eigenvalue weighted by molar-refractivity contribution is 5.77. The van der Waals surface area contributed by atoms with Gasteiger partial charge in [0.05, 0.1) is 50.7 Å². The lowest BCUT2D eigenvalue weighted by Gasteiger charge is -2.50. The SMILES string of the molecule is CCCCCCCCCCCCCCCCCCC(O)C(COC1OC(CO)C(OC2OC(CO)C(O)C(OC3(C(=O)O)CC(O)C(NC(C)=O)C(C(O)C(O)CO)O3)C2O)C(O)C1O)NC(=O)CCCCCCCCCCCCCCCCC. The highest BCUT2D eigenvalue weighted by Crippen LogP contribution is 2.39. The molecule has 0 aromatic carbocycles. The summed E-state index contributed by atoms with van der Waals surface area (Å²) in [5.41, 5.74) is 0. The fourth-order valence-corrected chi connectivity index (χ4v) is 11.8. The van der Waals surface area contributed by atoms with E-state index in [2.05, 4.69) is 24.5 Å². The van der Waals surface area contributed by atoms with Gasteiger partial charge in [-0.1, -0.05) is 206 Å². The molecule has 3 rings (SSSR count). The molecule has 0 saturated carbocycles. The van der Waals surface area contributed by atoms with Gasteiger partial charge in [0.1, 0.15) is 67.1 Å². The Morgan fingerprint density at radius 3 is 1.47 bits per heavy atom. The van der Waals surface area contributed by atoms with Gasteiger partial charge >= 0.3 is 5.97 Å². The van der Waals surface area contributed by atoms with Crippen molar-refractivity contribution in [3.05, 3.63) is 0 Å². The fraction of sp³-hybridized carbons (Fsp3) is 0.952. The van der Waals surface area contributed by atoms with Crippen LogP contribution in [0.15, 0.2) is 0 Å². The molecule has 0 aliphatic carbocycles. The van der Waals surface area contributed by atoms with Crippen molar-refractivity contribution in [3.8, 4) is 0 Å². The second-order valence-corrected chi connectivity index (χ2v) is 24.3. The van der Waals surface area contributed by atoms with Crippen molar-refractivity contribution in [1.82, 2.24) is 10.6 Å². The molecule has 3 heterocycles. The van der Waals surface area contributed by atoms with Crippen molar-refractivity contribution in [2.75, 3.05) is 26.4 Å². The first-order valence-corrected chi connectivity index (χ1v) is 32.9. The van der Waals surface area contributed by atoms with E-state index in [9.17, 15) is 75.7 Å². The number of nitrogens with one attached hydrogen (secondary N) is 2. The van der Waals surface area contributed by atoms with E-state index >= 15 is 0 Å². The number of ether oxygens (including phenoxy) is 6. The number of rotatable bonds is 49.